The molecule has 0 radical (unpaired) electrons. The minimum atomic E-state index is -0.237. The average molecular weight is 286 g/mol. The van der Waals surface area contributed by atoms with Gasteiger partial charge in [-0.05, 0) is 52.6 Å². The molecule has 1 atom stereocenters. The summed E-state index contributed by atoms with van der Waals surface area (Å²) < 4.78 is 14.8. The highest BCUT2D eigenvalue weighted by molar-refractivity contribution is 7.17. The third kappa shape index (κ3) is 2.33. The van der Waals surface area contributed by atoms with Crippen molar-refractivity contribution in [3.8, 4) is 0 Å². The molecule has 0 aliphatic carbocycles. The van der Waals surface area contributed by atoms with E-state index in [2.05, 4.69) is 22.9 Å². The van der Waals surface area contributed by atoms with Crippen molar-refractivity contribution in [2.45, 2.75) is 13.0 Å². The topological polar surface area (TPSA) is 38.0 Å². The van der Waals surface area contributed by atoms with E-state index in [-0.39, 0.29) is 11.9 Å². The van der Waals surface area contributed by atoms with E-state index in [0.717, 1.165) is 16.7 Å². The third-order valence-electron chi connectivity index (χ3n) is 3.38. The Morgan fingerprint density at radius 2 is 2.05 bits per heavy atom. The van der Waals surface area contributed by atoms with E-state index in [1.165, 1.54) is 22.2 Å². The van der Waals surface area contributed by atoms with Crippen LogP contribution in [-0.2, 0) is 0 Å². The highest BCUT2D eigenvalue weighted by Gasteiger charge is 2.16. The summed E-state index contributed by atoms with van der Waals surface area (Å²) in [7, 11) is 0. The lowest BCUT2D eigenvalue weighted by Crippen LogP contribution is -2.29. The summed E-state index contributed by atoms with van der Waals surface area (Å²) >= 11 is 1.67. The first-order valence-corrected chi connectivity index (χ1v) is 7.26. The molecule has 0 amide bonds. The Bertz CT molecular complexity index is 731. The zero-order valence-electron chi connectivity index (χ0n) is 11.1. The van der Waals surface area contributed by atoms with Crippen LogP contribution >= 0.6 is 11.3 Å². The number of hydrazine groups is 1. The quantitative estimate of drug-likeness (QED) is 0.566. The number of hydrogen-bond donors (Lipinski definition) is 2. The number of hydrogen-bond acceptors (Lipinski definition) is 3. The monoisotopic (exact) mass is 286 g/mol. The van der Waals surface area contributed by atoms with Gasteiger partial charge in [-0.15, -0.1) is 11.3 Å². The number of benzene rings is 2. The zero-order valence-corrected chi connectivity index (χ0v) is 11.9. The summed E-state index contributed by atoms with van der Waals surface area (Å²) in [5.74, 6) is 5.49. The predicted octanol–water partition coefficient (Wildman–Crippen LogP) is 3.90. The third-order valence-corrected chi connectivity index (χ3v) is 4.36. The van der Waals surface area contributed by atoms with Crippen LogP contribution in [0.4, 0.5) is 4.39 Å². The SMILES string of the molecule is Cc1cc(F)cc(C(NN)c2cccc3ccsc23)c1. The van der Waals surface area contributed by atoms with Crippen molar-refractivity contribution < 1.29 is 4.39 Å². The van der Waals surface area contributed by atoms with Gasteiger partial charge in [0.15, 0.2) is 0 Å². The molecule has 0 saturated carbocycles. The van der Waals surface area contributed by atoms with Crippen molar-refractivity contribution in [3.05, 3.63) is 70.4 Å². The molecule has 2 aromatic carbocycles. The lowest BCUT2D eigenvalue weighted by atomic mass is 9.97. The van der Waals surface area contributed by atoms with Crippen molar-refractivity contribution in [2.24, 2.45) is 5.84 Å². The second-order valence-corrected chi connectivity index (χ2v) is 5.76. The summed E-state index contributed by atoms with van der Waals surface area (Å²) in [6.07, 6.45) is 0. The standard InChI is InChI=1S/C16H15FN2S/c1-10-7-12(9-13(17)8-10)15(19-18)14-4-2-3-11-5-6-20-16(11)14/h2-9,15,19H,18H2,1H3. The molecular weight excluding hydrogens is 271 g/mol. The summed E-state index contributed by atoms with van der Waals surface area (Å²) in [6.45, 7) is 1.88. The van der Waals surface area contributed by atoms with Gasteiger partial charge < -0.3 is 0 Å². The summed E-state index contributed by atoms with van der Waals surface area (Å²) in [6, 6.07) is 13.0. The fourth-order valence-corrected chi connectivity index (χ4v) is 3.49. The van der Waals surface area contributed by atoms with Gasteiger partial charge in [-0.3, -0.25) is 5.84 Å². The van der Waals surface area contributed by atoms with Crippen LogP contribution < -0.4 is 11.3 Å². The molecular formula is C16H15FN2S. The van der Waals surface area contributed by atoms with Crippen LogP contribution in [0.5, 0.6) is 0 Å². The molecule has 1 heterocycles. The summed E-state index contributed by atoms with van der Waals surface area (Å²) in [4.78, 5) is 0. The van der Waals surface area contributed by atoms with Crippen molar-refractivity contribution in [3.63, 3.8) is 0 Å². The molecule has 0 spiro atoms. The Morgan fingerprint density at radius 3 is 2.80 bits per heavy atom. The number of rotatable bonds is 3. The van der Waals surface area contributed by atoms with Crippen LogP contribution in [0.2, 0.25) is 0 Å². The normalized spacial score (nSPS) is 12.8. The molecule has 1 aromatic heterocycles. The Labute approximate surface area is 121 Å². The minimum Gasteiger partial charge on any atom is -0.271 e. The summed E-state index contributed by atoms with van der Waals surface area (Å²) in [5, 5.41) is 3.24. The fraction of sp³-hybridized carbons (Fsp3) is 0.125. The van der Waals surface area contributed by atoms with Crippen LogP contribution in [0, 0.1) is 12.7 Å². The van der Waals surface area contributed by atoms with E-state index in [1.807, 2.05) is 25.1 Å². The lowest BCUT2D eigenvalue weighted by molar-refractivity contribution is 0.605. The molecule has 0 saturated heterocycles. The number of thiophene rings is 1. The average Bonchev–Trinajstić information content (AvgIpc) is 2.87. The summed E-state index contributed by atoms with van der Waals surface area (Å²) in [5.41, 5.74) is 5.61. The second-order valence-electron chi connectivity index (χ2n) is 4.85. The van der Waals surface area contributed by atoms with Crippen LogP contribution in [-0.4, -0.2) is 0 Å². The van der Waals surface area contributed by atoms with Crippen LogP contribution in [0.25, 0.3) is 10.1 Å². The van der Waals surface area contributed by atoms with Gasteiger partial charge >= 0.3 is 0 Å². The van der Waals surface area contributed by atoms with Gasteiger partial charge in [0.05, 0.1) is 6.04 Å². The minimum absolute atomic E-state index is 0.216. The molecule has 4 heteroatoms. The molecule has 0 fully saturated rings. The Morgan fingerprint density at radius 1 is 1.20 bits per heavy atom. The molecule has 0 aliphatic rings. The van der Waals surface area contributed by atoms with E-state index < -0.39 is 0 Å². The van der Waals surface area contributed by atoms with Crippen molar-refractivity contribution in [1.82, 2.24) is 5.43 Å². The van der Waals surface area contributed by atoms with Gasteiger partial charge in [0, 0.05) is 4.70 Å². The molecule has 3 rings (SSSR count). The fourth-order valence-electron chi connectivity index (χ4n) is 2.54. The number of aryl methyl sites for hydroxylation is 1. The number of nitrogens with two attached hydrogens (primary N) is 1. The maximum absolute atomic E-state index is 13.6. The first-order chi connectivity index (χ1) is 9.69. The van der Waals surface area contributed by atoms with E-state index in [9.17, 15) is 4.39 Å². The molecule has 3 aromatic rings. The second kappa shape index (κ2) is 5.32. The first kappa shape index (κ1) is 13.2. The van der Waals surface area contributed by atoms with Gasteiger partial charge in [0.1, 0.15) is 5.82 Å². The van der Waals surface area contributed by atoms with Crippen LogP contribution in [0.3, 0.4) is 0 Å². The van der Waals surface area contributed by atoms with Crippen molar-refractivity contribution in [1.29, 1.82) is 0 Å². The van der Waals surface area contributed by atoms with E-state index in [4.69, 9.17) is 5.84 Å². The largest absolute Gasteiger partial charge is 0.271 e. The molecule has 20 heavy (non-hydrogen) atoms. The molecule has 0 aliphatic heterocycles. The number of fused-ring (bicyclic) bond motifs is 1. The molecule has 102 valence electrons. The maximum atomic E-state index is 13.6. The highest BCUT2D eigenvalue weighted by Crippen LogP contribution is 2.32. The van der Waals surface area contributed by atoms with E-state index >= 15 is 0 Å². The smallest absolute Gasteiger partial charge is 0.123 e. The predicted molar refractivity (Wildman–Crippen MR) is 82.1 cm³/mol. The molecule has 1 unspecified atom stereocenters. The first-order valence-electron chi connectivity index (χ1n) is 6.38. The number of halogens is 1. The van der Waals surface area contributed by atoms with Crippen LogP contribution in [0.15, 0.2) is 47.8 Å². The number of nitrogens with one attached hydrogen (secondary N) is 1. The van der Waals surface area contributed by atoms with Gasteiger partial charge in [0.2, 0.25) is 0 Å². The Kier molecular flexibility index (Phi) is 3.53. The van der Waals surface area contributed by atoms with Crippen LogP contribution in [0.1, 0.15) is 22.7 Å². The Hall–Kier alpha value is -1.75. The maximum Gasteiger partial charge on any atom is 0.123 e. The van der Waals surface area contributed by atoms with Gasteiger partial charge in [-0.2, -0.15) is 0 Å². The van der Waals surface area contributed by atoms with Gasteiger partial charge in [0.25, 0.3) is 0 Å². The molecule has 3 N–H and O–H groups in total. The van der Waals surface area contributed by atoms with E-state index in [1.54, 1.807) is 11.3 Å². The van der Waals surface area contributed by atoms with Gasteiger partial charge in [-0.1, -0.05) is 24.3 Å². The molecule has 2 nitrogen and oxygen atoms in total. The van der Waals surface area contributed by atoms with Crippen molar-refractivity contribution >= 4 is 21.4 Å². The zero-order chi connectivity index (χ0) is 14.1. The lowest BCUT2D eigenvalue weighted by Gasteiger charge is -2.18. The molecule has 0 bridgehead atoms. The van der Waals surface area contributed by atoms with Gasteiger partial charge in [-0.25, -0.2) is 9.82 Å². The van der Waals surface area contributed by atoms with Crippen molar-refractivity contribution in [2.75, 3.05) is 0 Å². The van der Waals surface area contributed by atoms with E-state index in [0.29, 0.717) is 0 Å². The highest BCUT2D eigenvalue weighted by atomic mass is 32.1. The Balaban J connectivity index is 2.16.